The quantitative estimate of drug-likeness (QED) is 0.351. The molecule has 0 aromatic rings. The van der Waals surface area contributed by atoms with Crippen molar-refractivity contribution in [2.24, 2.45) is 0 Å². The van der Waals surface area contributed by atoms with E-state index in [9.17, 15) is 0 Å². The molecule has 0 radical (unpaired) electrons. The third kappa shape index (κ3) is 2.46. The highest BCUT2D eigenvalue weighted by molar-refractivity contribution is 6.61. The van der Waals surface area contributed by atoms with Gasteiger partial charge in [-0.3, -0.25) is 0 Å². The van der Waals surface area contributed by atoms with E-state index in [1.807, 2.05) is 0 Å². The number of alkyl halides is 3. The monoisotopic (exact) mass is 436 g/mol. The van der Waals surface area contributed by atoms with E-state index in [0.717, 1.165) is 0 Å². The van der Waals surface area contributed by atoms with Crippen LogP contribution in [0.2, 0.25) is 0 Å². The molecular weight excluding hydrogens is 439 g/mol. The van der Waals surface area contributed by atoms with Crippen molar-refractivity contribution in [1.29, 1.82) is 0 Å². The Morgan fingerprint density at radius 3 is 1.63 bits per heavy atom. The summed E-state index contributed by atoms with van der Waals surface area (Å²) in [6, 6.07) is 0. The Hall–Kier alpha value is 1.57. The van der Waals surface area contributed by atoms with Crippen LogP contribution in [0.25, 0.3) is 0 Å². The Kier molecular flexibility index (Phi) is 5.03. The minimum atomic E-state index is -1.59. The van der Waals surface area contributed by atoms with Crippen molar-refractivity contribution >= 4 is 104 Å². The molecule has 9 heteroatoms. The van der Waals surface area contributed by atoms with Gasteiger partial charge >= 0.3 is 0 Å². The van der Waals surface area contributed by atoms with Crippen LogP contribution in [0.4, 0.5) is 0 Å². The molecule has 0 saturated heterocycles. The first-order chi connectivity index (χ1) is 8.62. The number of allylic oxidation sites excluding steroid dienone is 8. The van der Waals surface area contributed by atoms with Crippen molar-refractivity contribution < 1.29 is 0 Å². The first-order valence-corrected chi connectivity index (χ1v) is 8.02. The van der Waals surface area contributed by atoms with E-state index in [0.29, 0.717) is 0 Å². The lowest BCUT2D eigenvalue weighted by atomic mass is 10.1. The summed E-state index contributed by atoms with van der Waals surface area (Å²) in [6.07, 6.45) is 0. The maximum Gasteiger partial charge on any atom is 0.166 e. The van der Waals surface area contributed by atoms with Crippen molar-refractivity contribution in [3.63, 3.8) is 0 Å². The molecule has 2 aliphatic rings. The van der Waals surface area contributed by atoms with E-state index in [2.05, 4.69) is 0 Å². The molecule has 0 saturated carbocycles. The van der Waals surface area contributed by atoms with Crippen molar-refractivity contribution in [3.8, 4) is 0 Å². The zero-order valence-corrected chi connectivity index (χ0v) is 15.3. The summed E-state index contributed by atoms with van der Waals surface area (Å²) in [5, 5.41) is -0.833. The molecule has 104 valence electrons. The van der Waals surface area contributed by atoms with E-state index in [1.54, 1.807) is 0 Å². The zero-order chi connectivity index (χ0) is 14.7. The molecule has 0 heterocycles. The molecule has 19 heavy (non-hydrogen) atoms. The van der Waals surface area contributed by atoms with Crippen LogP contribution < -0.4 is 0 Å². The van der Waals surface area contributed by atoms with Gasteiger partial charge in [0.05, 0.1) is 25.2 Å². The van der Waals surface area contributed by atoms with Crippen LogP contribution in [0.1, 0.15) is 0 Å². The average molecular weight is 440 g/mol. The van der Waals surface area contributed by atoms with Crippen molar-refractivity contribution in [1.82, 2.24) is 0 Å². The molecule has 1 atom stereocenters. The lowest BCUT2D eigenvalue weighted by Crippen LogP contribution is -2.24. The van der Waals surface area contributed by atoms with Crippen LogP contribution in [0.15, 0.2) is 41.3 Å². The van der Waals surface area contributed by atoms with Crippen molar-refractivity contribution in [2.45, 2.75) is 9.71 Å². The highest BCUT2D eigenvalue weighted by Gasteiger charge is 2.51. The van der Waals surface area contributed by atoms with E-state index < -0.39 is 9.71 Å². The summed E-state index contributed by atoms with van der Waals surface area (Å²) in [4.78, 5) is 0. The molecule has 0 bridgehead atoms. The fourth-order valence-corrected chi connectivity index (χ4v) is 4.44. The van der Waals surface area contributed by atoms with Gasteiger partial charge in [-0.1, -0.05) is 92.8 Å². The summed E-state index contributed by atoms with van der Waals surface area (Å²) in [7, 11) is 0. The standard InChI is InChI=1S/C10HCl9/c11-3-1-2(10(18,19)9(17)4(1)12)5(13)7(15)8(16)6(3)14/h9H. The van der Waals surface area contributed by atoms with Gasteiger partial charge in [0.15, 0.2) is 4.33 Å². The van der Waals surface area contributed by atoms with Crippen LogP contribution in [0.5, 0.6) is 0 Å². The van der Waals surface area contributed by atoms with Gasteiger partial charge in [0.25, 0.3) is 0 Å². The van der Waals surface area contributed by atoms with Gasteiger partial charge in [-0.25, -0.2) is 0 Å². The van der Waals surface area contributed by atoms with Gasteiger partial charge in [-0.2, -0.15) is 0 Å². The summed E-state index contributed by atoms with van der Waals surface area (Å²) >= 11 is 54.9. The largest absolute Gasteiger partial charge is 0.166 e. The van der Waals surface area contributed by atoms with Gasteiger partial charge < -0.3 is 0 Å². The maximum absolute atomic E-state index is 6.20. The first kappa shape index (κ1) is 16.9. The minimum absolute atomic E-state index is 0.00164. The first-order valence-electron chi connectivity index (χ1n) is 4.56. The number of halogens is 9. The Bertz CT molecular complexity index is 590. The third-order valence-electron chi connectivity index (χ3n) is 2.57. The van der Waals surface area contributed by atoms with Gasteiger partial charge in [0.2, 0.25) is 0 Å². The molecule has 0 fully saturated rings. The second kappa shape index (κ2) is 5.65. The third-order valence-corrected chi connectivity index (χ3v) is 6.95. The number of hydrogen-bond acceptors (Lipinski definition) is 0. The van der Waals surface area contributed by atoms with Crippen LogP contribution in [0, 0.1) is 0 Å². The summed E-state index contributed by atoms with van der Waals surface area (Å²) in [5.41, 5.74) is 0.434. The molecular formula is C10HCl9. The van der Waals surface area contributed by atoms with Crippen molar-refractivity contribution in [2.75, 3.05) is 0 Å². The molecule has 0 aromatic carbocycles. The van der Waals surface area contributed by atoms with Crippen LogP contribution in [-0.4, -0.2) is 9.71 Å². The second-order valence-corrected chi connectivity index (χ2v) is 7.77. The molecule has 0 spiro atoms. The average Bonchev–Trinajstić information content (AvgIpc) is 2.50. The zero-order valence-electron chi connectivity index (χ0n) is 8.48. The van der Waals surface area contributed by atoms with Gasteiger partial charge in [0, 0.05) is 16.2 Å². The summed E-state index contributed by atoms with van der Waals surface area (Å²) in [6.45, 7) is 0. The topological polar surface area (TPSA) is 0 Å². The Balaban J connectivity index is 2.91. The second-order valence-electron chi connectivity index (χ2n) is 3.65. The predicted molar refractivity (Wildman–Crippen MR) is 87.3 cm³/mol. The van der Waals surface area contributed by atoms with Crippen LogP contribution >= 0.6 is 104 Å². The van der Waals surface area contributed by atoms with Crippen LogP contribution in [0.3, 0.4) is 0 Å². The van der Waals surface area contributed by atoms with E-state index >= 15 is 0 Å². The maximum atomic E-state index is 6.20. The molecule has 1 unspecified atom stereocenters. The highest BCUT2D eigenvalue weighted by atomic mass is 35.5. The van der Waals surface area contributed by atoms with Gasteiger partial charge in [-0.15, -0.1) is 11.6 Å². The summed E-state index contributed by atoms with van der Waals surface area (Å²) < 4.78 is -1.59. The van der Waals surface area contributed by atoms with Gasteiger partial charge in [-0.05, 0) is 0 Å². The minimum Gasteiger partial charge on any atom is -0.113 e. The molecule has 2 aliphatic carbocycles. The number of fused-ring (bicyclic) bond motifs is 1. The number of rotatable bonds is 0. The Morgan fingerprint density at radius 2 is 1.11 bits per heavy atom. The SMILES string of the molecule is ClC1=C(Cl)C(Cl)=C2C(=C(Cl)C(Cl)C2(Cl)Cl)C(Cl)=C1Cl. The van der Waals surface area contributed by atoms with E-state index in [4.69, 9.17) is 104 Å². The lowest BCUT2D eigenvalue weighted by molar-refractivity contribution is 0.973. The summed E-state index contributed by atoms with van der Waals surface area (Å²) in [5.74, 6) is 0. The molecule has 0 amide bonds. The van der Waals surface area contributed by atoms with Crippen LogP contribution in [-0.2, 0) is 0 Å². The lowest BCUT2D eigenvalue weighted by Gasteiger charge is -2.21. The highest BCUT2D eigenvalue weighted by Crippen LogP contribution is 2.59. The molecule has 0 aliphatic heterocycles. The molecule has 0 nitrogen and oxygen atoms in total. The number of hydrogen-bond donors (Lipinski definition) is 0. The van der Waals surface area contributed by atoms with Crippen molar-refractivity contribution in [3.05, 3.63) is 41.3 Å². The molecule has 0 N–H and O–H groups in total. The van der Waals surface area contributed by atoms with E-state index in [1.165, 1.54) is 0 Å². The Labute approximate surface area is 154 Å². The fraction of sp³-hybridized carbons (Fsp3) is 0.200. The fourth-order valence-electron chi connectivity index (χ4n) is 1.68. The normalized spacial score (nSPS) is 27.3. The molecule has 2 rings (SSSR count). The van der Waals surface area contributed by atoms with Gasteiger partial charge in [0.1, 0.15) is 5.38 Å². The smallest absolute Gasteiger partial charge is 0.113 e. The predicted octanol–water partition coefficient (Wildman–Crippen LogP) is 7.16. The Morgan fingerprint density at radius 1 is 0.684 bits per heavy atom. The van der Waals surface area contributed by atoms with E-state index in [-0.39, 0.29) is 41.3 Å². The molecule has 0 aromatic heterocycles.